The topological polar surface area (TPSA) is 35.6 Å². The van der Waals surface area contributed by atoms with Crippen LogP contribution in [0.15, 0.2) is 267 Å². The predicted octanol–water partition coefficient (Wildman–Crippen LogP) is 20.3. The summed E-state index contributed by atoms with van der Waals surface area (Å²) in [5.74, 6) is 0. The van der Waals surface area contributed by atoms with Gasteiger partial charge >= 0.3 is 0 Å². The first-order chi connectivity index (χ1) is 39.1. The maximum atomic E-state index is 6.01. The Labute approximate surface area is 458 Å². The van der Waals surface area contributed by atoms with Gasteiger partial charge in [-0.1, -0.05) is 194 Å². The van der Waals surface area contributed by atoms with Crippen LogP contribution in [0.3, 0.4) is 0 Å². The van der Waals surface area contributed by atoms with Gasteiger partial charge < -0.3 is 9.13 Å². The lowest BCUT2D eigenvalue weighted by Gasteiger charge is -2.14. The Kier molecular flexibility index (Phi) is 9.55. The zero-order valence-corrected chi connectivity index (χ0v) is 43.4. The number of nitrogens with zero attached hydrogens (tertiary/aromatic N) is 4. The number of fused-ring (bicyclic) bond motifs is 15. The van der Waals surface area contributed by atoms with Crippen LogP contribution < -0.4 is 0 Å². The fraction of sp³-hybridized carbons (Fsp3) is 0. The third-order valence-electron chi connectivity index (χ3n) is 16.4. The van der Waals surface area contributed by atoms with Crippen LogP contribution in [0.1, 0.15) is 0 Å². The third-order valence-corrected chi connectivity index (χ3v) is 17.7. The highest BCUT2D eigenvalue weighted by Gasteiger charge is 2.24. The van der Waals surface area contributed by atoms with Gasteiger partial charge in [-0.15, -0.1) is 11.3 Å². The Balaban J connectivity index is 0.984. The van der Waals surface area contributed by atoms with Gasteiger partial charge in [-0.2, -0.15) is 0 Å². The van der Waals surface area contributed by atoms with E-state index in [2.05, 4.69) is 276 Å². The normalized spacial score (nSPS) is 12.1. The molecule has 17 rings (SSSR count). The van der Waals surface area contributed by atoms with Crippen molar-refractivity contribution < 1.29 is 0 Å². The van der Waals surface area contributed by atoms with E-state index in [0.29, 0.717) is 0 Å². The highest BCUT2D eigenvalue weighted by molar-refractivity contribution is 7.21. The second kappa shape index (κ2) is 17.2. The Hall–Kier alpha value is -10.2. The van der Waals surface area contributed by atoms with Crippen molar-refractivity contribution in [2.45, 2.75) is 0 Å². The fourth-order valence-electron chi connectivity index (χ4n) is 12.7. The standard InChI is InChI=1S/C74H44N4S/c1-3-19-55(20-4-1)77-65-25-13-11-23-59(65)61-37-33-53(43-67(61)77)73-71-72(74(79-73)54-34-38-62-60-24-12-14-26-66(60)78(68(62)44-54)56-21-5-2-6-22-56)76-70-64-42-52(50-30-28-46-16-8-10-18-48(46)40-50)32-36-58(64)57-35-31-51(41-63(57)69(70)75-71)49-29-27-45-15-7-9-17-47(45)39-49/h1-44H. The maximum absolute atomic E-state index is 6.01. The minimum absolute atomic E-state index is 0.887. The maximum Gasteiger partial charge on any atom is 0.109 e. The van der Waals surface area contributed by atoms with Crippen molar-refractivity contribution >= 4 is 120 Å². The van der Waals surface area contributed by atoms with Crippen molar-refractivity contribution in [1.82, 2.24) is 19.1 Å². The molecule has 79 heavy (non-hydrogen) atoms. The van der Waals surface area contributed by atoms with Crippen LogP contribution >= 0.6 is 11.3 Å². The van der Waals surface area contributed by atoms with Crippen LogP contribution in [-0.4, -0.2) is 19.1 Å². The van der Waals surface area contributed by atoms with Crippen molar-refractivity contribution in [2.75, 3.05) is 0 Å². The Morgan fingerprint density at radius 3 is 1.05 bits per heavy atom. The molecule has 0 aliphatic heterocycles. The summed E-state index contributed by atoms with van der Waals surface area (Å²) in [6.07, 6.45) is 0. The van der Waals surface area contributed by atoms with E-state index < -0.39 is 0 Å². The van der Waals surface area contributed by atoms with Crippen molar-refractivity contribution in [3.8, 4) is 54.5 Å². The lowest BCUT2D eigenvalue weighted by molar-refractivity contribution is 1.18. The molecule has 0 fully saturated rings. The first-order valence-corrected chi connectivity index (χ1v) is 27.8. The molecule has 4 aromatic heterocycles. The summed E-state index contributed by atoms with van der Waals surface area (Å²) >= 11 is 1.79. The lowest BCUT2D eigenvalue weighted by atomic mass is 9.92. The molecule has 0 spiro atoms. The number of thiophene rings is 1. The highest BCUT2D eigenvalue weighted by Crippen LogP contribution is 2.48. The van der Waals surface area contributed by atoms with E-state index >= 15 is 0 Å². The van der Waals surface area contributed by atoms with E-state index in [-0.39, 0.29) is 0 Å². The van der Waals surface area contributed by atoms with E-state index in [1.807, 2.05) is 0 Å². The summed E-state index contributed by atoms with van der Waals surface area (Å²) < 4.78 is 4.81. The van der Waals surface area contributed by atoms with Gasteiger partial charge in [0.05, 0.1) is 42.9 Å². The molecule has 0 saturated heterocycles. The Morgan fingerprint density at radius 1 is 0.228 bits per heavy atom. The SMILES string of the molecule is c1ccc(-n2c3ccccc3c3ccc(-c4sc(-c5ccc6c7ccccc7n(-c7ccccc7)c6c5)c5nc6c7cc(-c8ccc9ccccc9c8)ccc7c7ccc(-c8ccc9ccccc9c8)cc7c6nc45)cc32)cc1. The predicted molar refractivity (Wildman–Crippen MR) is 335 cm³/mol. The molecule has 0 N–H and O–H groups in total. The van der Waals surface area contributed by atoms with Gasteiger partial charge in [0.2, 0.25) is 0 Å². The van der Waals surface area contributed by atoms with Crippen LogP contribution in [0.2, 0.25) is 0 Å². The molecule has 0 amide bonds. The van der Waals surface area contributed by atoms with Crippen LogP contribution in [0, 0.1) is 0 Å². The molecule has 0 radical (unpaired) electrons. The zero-order valence-electron chi connectivity index (χ0n) is 42.6. The van der Waals surface area contributed by atoms with Crippen molar-refractivity contribution in [3.63, 3.8) is 0 Å². The summed E-state index contributed by atoms with van der Waals surface area (Å²) in [6, 6.07) is 97.6. The molecule has 0 aliphatic rings. The minimum atomic E-state index is 0.887. The summed E-state index contributed by atoms with van der Waals surface area (Å²) in [5, 5.41) is 14.2. The molecule has 5 heteroatoms. The molecule has 4 heterocycles. The van der Waals surface area contributed by atoms with Gasteiger partial charge in [0.15, 0.2) is 0 Å². The highest BCUT2D eigenvalue weighted by atomic mass is 32.1. The molecule has 0 bridgehead atoms. The largest absolute Gasteiger partial charge is 0.309 e. The van der Waals surface area contributed by atoms with Crippen molar-refractivity contribution in [1.29, 1.82) is 0 Å². The van der Waals surface area contributed by atoms with E-state index in [4.69, 9.17) is 9.97 Å². The first kappa shape index (κ1) is 44.0. The molecule has 4 nitrogen and oxygen atoms in total. The van der Waals surface area contributed by atoms with Crippen LogP contribution in [0.25, 0.3) is 163 Å². The summed E-state index contributed by atoms with van der Waals surface area (Å²) in [7, 11) is 0. The second-order valence-corrected chi connectivity index (χ2v) is 21.9. The molecule has 13 aromatic carbocycles. The summed E-state index contributed by atoms with van der Waals surface area (Å²) in [5.41, 5.74) is 17.3. The number of rotatable bonds is 6. The monoisotopic (exact) mass is 1020 g/mol. The second-order valence-electron chi connectivity index (χ2n) is 20.9. The molecular formula is C74H44N4S. The molecule has 366 valence electrons. The van der Waals surface area contributed by atoms with Gasteiger partial charge in [0.1, 0.15) is 11.0 Å². The summed E-state index contributed by atoms with van der Waals surface area (Å²) in [6.45, 7) is 0. The lowest BCUT2D eigenvalue weighted by Crippen LogP contribution is -1.94. The van der Waals surface area contributed by atoms with Crippen LogP contribution in [0.4, 0.5) is 0 Å². The quantitative estimate of drug-likeness (QED) is 0.156. The first-order valence-electron chi connectivity index (χ1n) is 27.0. The van der Waals surface area contributed by atoms with Gasteiger partial charge in [-0.25, -0.2) is 9.97 Å². The molecule has 17 aromatic rings. The minimum Gasteiger partial charge on any atom is -0.309 e. The number of benzene rings is 13. The van der Waals surface area contributed by atoms with Crippen LogP contribution in [-0.2, 0) is 0 Å². The fourth-order valence-corrected chi connectivity index (χ4v) is 13.9. The van der Waals surface area contributed by atoms with E-state index in [1.54, 1.807) is 11.3 Å². The average Bonchev–Trinajstić information content (AvgIpc) is 4.40. The van der Waals surface area contributed by atoms with Crippen molar-refractivity contribution in [3.05, 3.63) is 267 Å². The van der Waals surface area contributed by atoms with Gasteiger partial charge in [0, 0.05) is 43.7 Å². The number of para-hydroxylation sites is 4. The number of hydrogen-bond donors (Lipinski definition) is 0. The average molecular weight is 1020 g/mol. The van der Waals surface area contributed by atoms with Crippen LogP contribution in [0.5, 0.6) is 0 Å². The Morgan fingerprint density at radius 2 is 0.582 bits per heavy atom. The van der Waals surface area contributed by atoms with Crippen molar-refractivity contribution in [2.24, 2.45) is 0 Å². The van der Waals surface area contributed by atoms with Gasteiger partial charge in [0.25, 0.3) is 0 Å². The molecule has 0 unspecified atom stereocenters. The van der Waals surface area contributed by atoms with E-state index in [9.17, 15) is 0 Å². The van der Waals surface area contributed by atoms with E-state index in [1.165, 1.54) is 65.3 Å². The molecular weight excluding hydrogens is 977 g/mol. The summed E-state index contributed by atoms with van der Waals surface area (Å²) in [4.78, 5) is 14.2. The molecule has 0 saturated carbocycles. The number of hydrogen-bond acceptors (Lipinski definition) is 3. The molecule has 0 aliphatic carbocycles. The number of aromatic nitrogens is 4. The zero-order chi connectivity index (χ0) is 51.7. The Bertz CT molecular complexity index is 5040. The molecule has 0 atom stereocenters. The van der Waals surface area contributed by atoms with E-state index in [0.717, 1.165) is 98.0 Å². The smallest absolute Gasteiger partial charge is 0.109 e. The van der Waals surface area contributed by atoms with Gasteiger partial charge in [-0.05, 0) is 138 Å². The third kappa shape index (κ3) is 6.80. The van der Waals surface area contributed by atoms with Gasteiger partial charge in [-0.3, -0.25) is 0 Å².